The Hall–Kier alpha value is -11.0. The first-order valence-electron chi connectivity index (χ1n) is 33.1. The minimum atomic E-state index is -1.57. The van der Waals surface area contributed by atoms with Gasteiger partial charge in [0.2, 0.25) is 47.3 Å². The highest BCUT2D eigenvalue weighted by atomic mass is 16.4. The minimum Gasteiger partial charge on any atom is -0.480 e. The Morgan fingerprint density at radius 2 is 0.850 bits per heavy atom. The number of imidazole rings is 1. The lowest BCUT2D eigenvalue weighted by atomic mass is 10.0. The number of carbonyl (C=O) groups is 11. The van der Waals surface area contributed by atoms with Gasteiger partial charge in [-0.15, -0.1) is 0 Å². The number of nitrogens with two attached hydrogens (primary N) is 8. The van der Waals surface area contributed by atoms with Crippen LogP contribution in [-0.2, 0) is 62.4 Å². The first kappa shape index (κ1) is 79.6. The molecule has 0 spiro atoms. The predicted octanol–water partition coefficient (Wildman–Crippen LogP) is -3.13. The summed E-state index contributed by atoms with van der Waals surface area (Å²) in [6.07, 6.45) is 6.33. The fraction of sp³-hybridized carbons (Fsp3) is 0.500. The average molecular weight is 1400 g/mol. The molecule has 0 saturated heterocycles. The van der Waals surface area contributed by atoms with Crippen molar-refractivity contribution in [3.8, 4) is 0 Å². The zero-order valence-electron chi connectivity index (χ0n) is 56.2. The van der Waals surface area contributed by atoms with Crippen LogP contribution in [0.4, 0.5) is 9.59 Å². The molecular weight excluding hydrogens is 1300 g/mol. The van der Waals surface area contributed by atoms with Crippen molar-refractivity contribution in [3.05, 3.63) is 90.3 Å². The van der Waals surface area contributed by atoms with E-state index < -0.39 is 120 Å². The van der Waals surface area contributed by atoms with Gasteiger partial charge in [-0.1, -0.05) is 50.2 Å². The zero-order chi connectivity index (χ0) is 73.3. The lowest BCUT2D eigenvalue weighted by molar-refractivity contribution is -0.142. The number of amides is 12. The average Bonchev–Trinajstić information content (AvgIpc) is 1.64. The van der Waals surface area contributed by atoms with Crippen LogP contribution >= 0.6 is 0 Å². The van der Waals surface area contributed by atoms with E-state index in [4.69, 9.17) is 45.9 Å². The number of carboxylic acid groups (broad SMARTS) is 1. The quantitative estimate of drug-likeness (QED) is 0.0104. The number of nitrogens with zero attached hydrogens (tertiary/aromatic N) is 3. The third-order valence-electron chi connectivity index (χ3n) is 16.1. The third kappa shape index (κ3) is 27.5. The highest BCUT2D eigenvalue weighted by Crippen LogP contribution is 2.22. The second-order valence-corrected chi connectivity index (χ2v) is 24.5. The van der Waals surface area contributed by atoms with Gasteiger partial charge in [-0.3, -0.25) is 48.3 Å². The van der Waals surface area contributed by atoms with Crippen LogP contribution in [-0.4, -0.2) is 189 Å². The molecule has 5 rings (SSSR count). The number of aliphatic carboxylic acids is 1. The molecule has 9 atom stereocenters. The van der Waals surface area contributed by atoms with Gasteiger partial charge >= 0.3 is 18.0 Å². The summed E-state index contributed by atoms with van der Waals surface area (Å²) in [5.74, 6) is -8.75. The molecule has 0 aliphatic rings. The van der Waals surface area contributed by atoms with Crippen molar-refractivity contribution in [1.29, 1.82) is 0 Å². The molecule has 0 radical (unpaired) electrons. The molecule has 36 heteroatoms. The van der Waals surface area contributed by atoms with E-state index in [1.807, 2.05) is 0 Å². The topological polar surface area (TPSA) is 621 Å². The molecule has 5 aromatic rings. The Labute approximate surface area is 577 Å². The number of nitrogens with one attached hydrogen (secondary N) is 13. The summed E-state index contributed by atoms with van der Waals surface area (Å²) in [6, 6.07) is -0.229. The minimum absolute atomic E-state index is 0.00410. The molecule has 3 aromatic heterocycles. The molecule has 100 heavy (non-hydrogen) atoms. The first-order chi connectivity index (χ1) is 47.7. The van der Waals surface area contributed by atoms with Gasteiger partial charge in [0.05, 0.1) is 12.4 Å². The highest BCUT2D eigenvalue weighted by molar-refractivity contribution is 5.99. The number of H-pyrrole nitrogens is 3. The second-order valence-electron chi connectivity index (χ2n) is 24.5. The monoisotopic (exact) mass is 1390 g/mol. The fourth-order valence-electron chi connectivity index (χ4n) is 10.9. The number of para-hydroxylation sites is 2. The molecule has 0 bridgehead atoms. The number of hydrogen-bond acceptors (Lipinski definition) is 16. The first-order valence-corrected chi connectivity index (χ1v) is 33.1. The maximum absolute atomic E-state index is 15.2. The number of unbranched alkanes of at least 4 members (excludes halogenated alkanes) is 1. The number of aliphatic imine (C=N–C) groups is 2. The number of rotatable bonds is 45. The van der Waals surface area contributed by atoms with Crippen molar-refractivity contribution >= 4 is 99.0 Å². The lowest BCUT2D eigenvalue weighted by Crippen LogP contribution is -2.61. The third-order valence-corrected chi connectivity index (χ3v) is 16.1. The van der Waals surface area contributed by atoms with E-state index in [9.17, 15) is 43.5 Å². The predicted molar refractivity (Wildman–Crippen MR) is 373 cm³/mol. The summed E-state index contributed by atoms with van der Waals surface area (Å²) in [7, 11) is 0. The summed E-state index contributed by atoms with van der Waals surface area (Å²) in [5, 5.41) is 37.9. The van der Waals surface area contributed by atoms with Crippen LogP contribution < -0.4 is 99.0 Å². The van der Waals surface area contributed by atoms with Crippen molar-refractivity contribution in [3.63, 3.8) is 0 Å². The Kier molecular flexibility index (Phi) is 32.9. The number of benzene rings is 2. The van der Waals surface area contributed by atoms with Gasteiger partial charge in [0, 0.05) is 91.5 Å². The Balaban J connectivity index is 1.51. The molecule has 0 saturated carbocycles. The number of carboxylic acids is 1. The number of hydrogen-bond donors (Lipinski definition) is 22. The molecular formula is C64H98N24O12. The zero-order valence-corrected chi connectivity index (χ0v) is 56.2. The van der Waals surface area contributed by atoms with Crippen LogP contribution in [0.5, 0.6) is 0 Å². The molecule has 3 heterocycles. The molecule has 12 amide bonds. The molecule has 546 valence electrons. The summed E-state index contributed by atoms with van der Waals surface area (Å²) >= 11 is 0. The number of aromatic amines is 3. The largest absolute Gasteiger partial charge is 0.480 e. The summed E-state index contributed by atoms with van der Waals surface area (Å²) in [5.41, 5.74) is 47.7. The molecule has 0 aliphatic heterocycles. The normalized spacial score (nSPS) is 13.8. The van der Waals surface area contributed by atoms with Crippen LogP contribution in [0.2, 0.25) is 0 Å². The van der Waals surface area contributed by atoms with Gasteiger partial charge in [0.15, 0.2) is 11.9 Å². The summed E-state index contributed by atoms with van der Waals surface area (Å²) in [6.45, 7) is 3.83. The molecule has 36 nitrogen and oxygen atoms in total. The molecule has 0 fully saturated rings. The molecule has 2 aromatic carbocycles. The fourth-order valence-corrected chi connectivity index (χ4v) is 10.9. The van der Waals surface area contributed by atoms with Crippen LogP contribution in [0, 0.1) is 5.92 Å². The van der Waals surface area contributed by atoms with Gasteiger partial charge in [0.1, 0.15) is 48.3 Å². The molecule has 0 aliphatic carbocycles. The van der Waals surface area contributed by atoms with E-state index in [2.05, 4.69) is 83.1 Å². The molecule has 30 N–H and O–H groups in total. The van der Waals surface area contributed by atoms with Crippen molar-refractivity contribution in [2.24, 2.45) is 61.8 Å². The highest BCUT2D eigenvalue weighted by Gasteiger charge is 2.36. The number of guanidine groups is 2. The van der Waals surface area contributed by atoms with E-state index >= 15 is 14.4 Å². The smallest absolute Gasteiger partial charge is 0.326 e. The van der Waals surface area contributed by atoms with Gasteiger partial charge in [-0.2, -0.15) is 0 Å². The van der Waals surface area contributed by atoms with Gasteiger partial charge < -0.3 is 119 Å². The van der Waals surface area contributed by atoms with Crippen molar-refractivity contribution in [1.82, 2.24) is 73.1 Å². The van der Waals surface area contributed by atoms with Gasteiger partial charge in [0.25, 0.3) is 0 Å². The van der Waals surface area contributed by atoms with E-state index in [1.165, 1.54) is 12.5 Å². The van der Waals surface area contributed by atoms with Crippen molar-refractivity contribution in [2.45, 2.75) is 165 Å². The second kappa shape index (κ2) is 41.3. The standard InChI is InChI=1S/C64H98N24O12/c1-35(2)27-51(60(97)98)88-59(96)50(30-38-33-73-34-80-38)87-58(95)49(29-37-32-79-43-17-6-4-14-40(37)43)86-56(93)47(21-12-26-77-64(72)100)83-54(91)46(20-11-25-76-63(71)99)84-57(94)48(28-36-31-78-42-16-5-3-13-39(36)42)85-55(92)44(18-7-8-22-65)82-53(90)45(19-10-24-75-62(69)70)81-52(89)41(66)15-9-23-74-61(67)68/h3-6,13-14,16-17,31-35,41,44-51,78-79H,7-12,15,18-30,65-66H2,1-2H3,(H,73,80)(H,81,89)(H,82,90)(H,83,91)(H,84,94)(H,85,92)(H,86,93)(H,87,95)(H,88,96)(H,97,98)(H4,67,68,74)(H4,69,70,75)(H3,71,76,99)(H3,72,77,100)/t41-,44-,45-,46-,47-,48-,49-,50-,51-/m0/s1. The molecule has 0 unspecified atom stereocenters. The Bertz CT molecular complexity index is 3590. The number of fused-ring (bicyclic) bond motifs is 2. The summed E-state index contributed by atoms with van der Waals surface area (Å²) in [4.78, 5) is 174. The van der Waals surface area contributed by atoms with Crippen LogP contribution in [0.1, 0.15) is 108 Å². The van der Waals surface area contributed by atoms with E-state index in [0.717, 1.165) is 0 Å². The van der Waals surface area contributed by atoms with Crippen molar-refractivity contribution < 1.29 is 57.8 Å². The maximum atomic E-state index is 15.2. The number of urea groups is 2. The number of primary amides is 2. The van der Waals surface area contributed by atoms with Crippen LogP contribution in [0.25, 0.3) is 21.8 Å². The van der Waals surface area contributed by atoms with E-state index in [1.54, 1.807) is 74.8 Å². The van der Waals surface area contributed by atoms with Crippen molar-refractivity contribution in [2.75, 3.05) is 32.7 Å². The van der Waals surface area contributed by atoms with Gasteiger partial charge in [-0.05, 0) is 113 Å². The summed E-state index contributed by atoms with van der Waals surface area (Å²) < 4.78 is 0. The SMILES string of the molecule is CC(C)C[C@H](NC(=O)[C@H](Cc1cnc[nH]1)NC(=O)[C@H](Cc1c[nH]c2ccccc12)NC(=O)[C@H](CCCNC(N)=O)NC(=O)[C@H](CCCNC(N)=O)NC(=O)[C@H](Cc1c[nH]c2ccccc12)NC(=O)[C@H](CCCCN)NC(=O)[C@H](CCCN=C(N)N)NC(=O)[C@@H](N)CCCN=C(N)N)C(=O)O. The van der Waals surface area contributed by atoms with E-state index in [0.29, 0.717) is 57.9 Å². The Morgan fingerprint density at radius 1 is 0.470 bits per heavy atom. The van der Waals surface area contributed by atoms with Crippen LogP contribution in [0.15, 0.2) is 83.4 Å². The maximum Gasteiger partial charge on any atom is 0.326 e. The number of aromatic nitrogens is 4. The van der Waals surface area contributed by atoms with E-state index in [-0.39, 0.29) is 128 Å². The van der Waals surface area contributed by atoms with Gasteiger partial charge in [-0.25, -0.2) is 19.4 Å². The number of carbonyl (C=O) groups excluding carboxylic acids is 10. The lowest BCUT2D eigenvalue weighted by Gasteiger charge is -2.28. The Morgan fingerprint density at radius 3 is 1.25 bits per heavy atom. The van der Waals surface area contributed by atoms with Crippen LogP contribution in [0.3, 0.4) is 0 Å².